The third-order valence-electron chi connectivity index (χ3n) is 1.40. The zero-order chi connectivity index (χ0) is 11.4. The van der Waals surface area contributed by atoms with Gasteiger partial charge in [-0.2, -0.15) is 0 Å². The predicted octanol–water partition coefficient (Wildman–Crippen LogP) is 2.73. The summed E-state index contributed by atoms with van der Waals surface area (Å²) in [5.74, 6) is -0.144. The van der Waals surface area contributed by atoms with Crippen LogP contribution in [0.15, 0.2) is 19.3 Å². The highest BCUT2D eigenvalue weighted by molar-refractivity contribution is 8.06. The molecule has 0 amide bonds. The maximum atomic E-state index is 11.2. The summed E-state index contributed by atoms with van der Waals surface area (Å²) in [7, 11) is 0. The first-order valence-electron chi connectivity index (χ1n) is 4.00. The van der Waals surface area contributed by atoms with Crippen LogP contribution in [0.4, 0.5) is 0 Å². The Morgan fingerprint density at radius 2 is 1.93 bits per heavy atom. The van der Waals surface area contributed by atoms with Crippen molar-refractivity contribution in [3.63, 3.8) is 0 Å². The second kappa shape index (κ2) is 5.53. The molecule has 0 spiro atoms. The molecule has 0 aromatic carbocycles. The molecule has 0 saturated heterocycles. The molecule has 4 nitrogen and oxygen atoms in total. The number of nitrogens with zero attached hydrogens (tertiary/aromatic N) is 2. The number of thioether (sulfide) groups is 2. The molecule has 0 aliphatic rings. The van der Waals surface area contributed by atoms with E-state index in [1.54, 1.807) is 0 Å². The van der Waals surface area contributed by atoms with Gasteiger partial charge in [-0.1, -0.05) is 23.1 Å². The molecular weight excluding hydrogens is 252 g/mol. The normalized spacial score (nSPS) is 12.5. The number of rotatable bonds is 4. The molecule has 1 aromatic rings. The van der Waals surface area contributed by atoms with Gasteiger partial charge in [-0.25, -0.2) is 0 Å². The summed E-state index contributed by atoms with van der Waals surface area (Å²) in [5.41, 5.74) is 0. The summed E-state index contributed by atoms with van der Waals surface area (Å²) in [6.07, 6.45) is 1.91. The van der Waals surface area contributed by atoms with E-state index < -0.39 is 0 Å². The number of allylic oxidation sites excluding steroid dienone is 2. The highest BCUT2D eigenvalue weighted by Crippen LogP contribution is 2.33. The maximum absolute atomic E-state index is 11.2. The van der Waals surface area contributed by atoms with Gasteiger partial charge in [0, 0.05) is 0 Å². The standard InChI is InChI=1S/C8H10N2O2S3/c1-4(11)6(5(2)12)14-8-10-9-7(13-3)15-8/h11H,1-3H3/b6-4-. The number of carbonyl (C=O) groups is 1. The van der Waals surface area contributed by atoms with Crippen LogP contribution in [0.1, 0.15) is 13.8 Å². The van der Waals surface area contributed by atoms with E-state index >= 15 is 0 Å². The molecule has 0 saturated carbocycles. The van der Waals surface area contributed by atoms with Gasteiger partial charge in [-0.05, 0) is 31.9 Å². The van der Waals surface area contributed by atoms with Crippen molar-refractivity contribution in [1.29, 1.82) is 0 Å². The van der Waals surface area contributed by atoms with Crippen molar-refractivity contribution in [2.45, 2.75) is 22.5 Å². The van der Waals surface area contributed by atoms with E-state index in [-0.39, 0.29) is 11.5 Å². The number of ketones is 1. The van der Waals surface area contributed by atoms with Crippen LogP contribution in [0, 0.1) is 0 Å². The maximum Gasteiger partial charge on any atom is 0.180 e. The lowest BCUT2D eigenvalue weighted by molar-refractivity contribution is -0.113. The minimum Gasteiger partial charge on any atom is -0.511 e. The van der Waals surface area contributed by atoms with Gasteiger partial charge < -0.3 is 5.11 Å². The predicted molar refractivity (Wildman–Crippen MR) is 63.6 cm³/mol. The van der Waals surface area contributed by atoms with Gasteiger partial charge >= 0.3 is 0 Å². The van der Waals surface area contributed by atoms with Crippen LogP contribution in [-0.4, -0.2) is 27.3 Å². The van der Waals surface area contributed by atoms with Crippen LogP contribution in [0.25, 0.3) is 0 Å². The topological polar surface area (TPSA) is 63.1 Å². The quantitative estimate of drug-likeness (QED) is 0.511. The molecule has 1 rings (SSSR count). The van der Waals surface area contributed by atoms with Gasteiger partial charge in [-0.15, -0.1) is 10.2 Å². The molecular formula is C8H10N2O2S3. The number of aromatic nitrogens is 2. The zero-order valence-corrected chi connectivity index (χ0v) is 10.9. The van der Waals surface area contributed by atoms with Crippen LogP contribution in [0.3, 0.4) is 0 Å². The summed E-state index contributed by atoms with van der Waals surface area (Å²) in [6.45, 7) is 2.90. The van der Waals surface area contributed by atoms with Crippen molar-refractivity contribution in [3.8, 4) is 0 Å². The fourth-order valence-electron chi connectivity index (χ4n) is 0.809. The fourth-order valence-corrected chi connectivity index (χ4v) is 3.17. The molecule has 0 bridgehead atoms. The number of aliphatic hydroxyl groups is 1. The molecule has 0 unspecified atom stereocenters. The average molecular weight is 262 g/mol. The Bertz CT molecular complexity index is 396. The van der Waals surface area contributed by atoms with E-state index in [2.05, 4.69) is 10.2 Å². The molecule has 0 fully saturated rings. The molecule has 1 N–H and O–H groups in total. The second-order valence-corrected chi connectivity index (χ2v) is 5.90. The third kappa shape index (κ3) is 3.51. The monoisotopic (exact) mass is 262 g/mol. The first-order valence-corrected chi connectivity index (χ1v) is 6.86. The molecule has 0 radical (unpaired) electrons. The Morgan fingerprint density at radius 3 is 2.33 bits per heavy atom. The van der Waals surface area contributed by atoms with Gasteiger partial charge in [0.2, 0.25) is 0 Å². The van der Waals surface area contributed by atoms with E-state index in [9.17, 15) is 9.90 Å². The smallest absolute Gasteiger partial charge is 0.180 e. The van der Waals surface area contributed by atoms with Crippen molar-refractivity contribution < 1.29 is 9.90 Å². The Morgan fingerprint density at radius 1 is 1.33 bits per heavy atom. The minimum atomic E-state index is -0.166. The van der Waals surface area contributed by atoms with Crippen LogP contribution in [0.2, 0.25) is 0 Å². The molecule has 1 heterocycles. The van der Waals surface area contributed by atoms with Crippen LogP contribution in [0.5, 0.6) is 0 Å². The van der Waals surface area contributed by atoms with E-state index in [0.29, 0.717) is 9.24 Å². The first-order chi connectivity index (χ1) is 7.04. The molecule has 82 valence electrons. The molecule has 1 aromatic heterocycles. The summed E-state index contributed by atoms with van der Waals surface area (Å²) >= 11 is 4.06. The number of Topliss-reactive ketones (excluding diaryl/α,β-unsaturated/α-hetero) is 1. The van der Waals surface area contributed by atoms with Crippen LogP contribution >= 0.6 is 34.9 Å². The van der Waals surface area contributed by atoms with Gasteiger partial charge in [0.15, 0.2) is 14.5 Å². The van der Waals surface area contributed by atoms with Crippen LogP contribution < -0.4 is 0 Å². The number of carbonyl (C=O) groups excluding carboxylic acids is 1. The fraction of sp³-hybridized carbons (Fsp3) is 0.375. The third-order valence-corrected chi connectivity index (χ3v) is 4.64. The number of aliphatic hydroxyl groups excluding tert-OH is 1. The second-order valence-electron chi connectivity index (χ2n) is 2.61. The lowest BCUT2D eigenvalue weighted by Gasteiger charge is -2.00. The molecule has 0 aliphatic carbocycles. The highest BCUT2D eigenvalue weighted by atomic mass is 32.2. The zero-order valence-electron chi connectivity index (χ0n) is 8.47. The number of hydrogen-bond acceptors (Lipinski definition) is 7. The van der Waals surface area contributed by atoms with Crippen molar-refractivity contribution in [2.75, 3.05) is 6.26 Å². The Balaban J connectivity index is 2.84. The van der Waals surface area contributed by atoms with Crippen LogP contribution in [-0.2, 0) is 4.79 Å². The van der Waals surface area contributed by atoms with Crippen molar-refractivity contribution in [2.24, 2.45) is 0 Å². The molecule has 15 heavy (non-hydrogen) atoms. The average Bonchev–Trinajstić information content (AvgIpc) is 2.60. The lowest BCUT2D eigenvalue weighted by atomic mass is 10.4. The van der Waals surface area contributed by atoms with E-state index in [0.717, 1.165) is 16.1 Å². The highest BCUT2D eigenvalue weighted by Gasteiger charge is 2.13. The van der Waals surface area contributed by atoms with E-state index in [1.807, 2.05) is 6.26 Å². The summed E-state index contributed by atoms with van der Waals surface area (Å²) < 4.78 is 1.51. The largest absolute Gasteiger partial charge is 0.511 e. The van der Waals surface area contributed by atoms with Gasteiger partial charge in [0.05, 0.1) is 4.91 Å². The first kappa shape index (κ1) is 12.5. The Labute approximate surface area is 100 Å². The Hall–Kier alpha value is -0.530. The van der Waals surface area contributed by atoms with E-state index in [1.165, 1.54) is 36.9 Å². The molecule has 0 aliphatic heterocycles. The summed E-state index contributed by atoms with van der Waals surface area (Å²) in [4.78, 5) is 11.5. The van der Waals surface area contributed by atoms with Crippen molar-refractivity contribution in [1.82, 2.24) is 10.2 Å². The van der Waals surface area contributed by atoms with Gasteiger partial charge in [-0.3, -0.25) is 4.79 Å². The SMILES string of the molecule is CSc1nnc(S/C(C(C)=O)=C(/C)O)s1. The summed E-state index contributed by atoms with van der Waals surface area (Å²) in [6, 6.07) is 0. The van der Waals surface area contributed by atoms with Gasteiger partial charge in [0.25, 0.3) is 0 Å². The van der Waals surface area contributed by atoms with E-state index in [4.69, 9.17) is 0 Å². The minimum absolute atomic E-state index is 0.0217. The molecule has 0 atom stereocenters. The summed E-state index contributed by atoms with van der Waals surface area (Å²) in [5, 5.41) is 17.1. The van der Waals surface area contributed by atoms with Gasteiger partial charge in [0.1, 0.15) is 5.76 Å². The Kier molecular flexibility index (Phi) is 4.62. The molecule has 7 heteroatoms. The number of hydrogen-bond donors (Lipinski definition) is 1. The lowest BCUT2D eigenvalue weighted by Crippen LogP contribution is -1.95. The van der Waals surface area contributed by atoms with Crippen molar-refractivity contribution in [3.05, 3.63) is 10.7 Å². The van der Waals surface area contributed by atoms with Crippen molar-refractivity contribution >= 4 is 40.6 Å².